The van der Waals surface area contributed by atoms with Crippen LogP contribution in [-0.4, -0.2) is 24.1 Å². The van der Waals surface area contributed by atoms with E-state index in [4.69, 9.17) is 5.14 Å². The number of carbonyl (C=O) groups excluding carboxylic acids is 1. The van der Waals surface area contributed by atoms with Gasteiger partial charge in [-0.2, -0.15) is 4.99 Å². The molecular formula is C11H18N4O3S2. The lowest BCUT2D eigenvalue weighted by Gasteiger charge is -2.03. The highest BCUT2D eigenvalue weighted by Gasteiger charge is 2.68. The maximum atomic E-state index is 12.2. The zero-order chi connectivity index (χ0) is 15.5. The summed E-state index contributed by atoms with van der Waals surface area (Å²) < 4.78 is 23.5. The molecule has 0 aromatic carbocycles. The van der Waals surface area contributed by atoms with Crippen molar-refractivity contribution in [3.8, 4) is 0 Å². The minimum atomic E-state index is -3.88. The second-order valence-corrected chi connectivity index (χ2v) is 8.84. The summed E-state index contributed by atoms with van der Waals surface area (Å²) in [6.45, 7) is 8.09. The van der Waals surface area contributed by atoms with Gasteiger partial charge < -0.3 is 0 Å². The van der Waals surface area contributed by atoms with Gasteiger partial charge in [-0.25, -0.2) is 18.2 Å². The first-order valence-electron chi connectivity index (χ1n) is 6.04. The second-order valence-electron chi connectivity index (χ2n) is 6.15. The van der Waals surface area contributed by atoms with Crippen LogP contribution in [0.25, 0.3) is 0 Å². The van der Waals surface area contributed by atoms with E-state index in [2.05, 4.69) is 10.1 Å². The maximum Gasteiger partial charge on any atom is 0.267 e. The highest BCUT2D eigenvalue weighted by Crippen LogP contribution is 2.68. The van der Waals surface area contributed by atoms with Gasteiger partial charge in [0.15, 0.2) is 0 Å². The standard InChI is InChI=1S/C11H18N4O3S2/c1-10(2)6(11(10,3)4)7(16)13-8-15(5)14-9(19-8)20(12,17)18/h6H,1-5H3,(H2,12,17,18). The number of primary sulfonamides is 1. The third-order valence-corrected chi connectivity index (χ3v) is 6.71. The minimum absolute atomic E-state index is 0.111. The SMILES string of the molecule is Cn1nc(S(N)(=O)=O)sc1=NC(=O)C1C(C)(C)C1(C)C. The van der Waals surface area contributed by atoms with Crippen LogP contribution in [0.3, 0.4) is 0 Å². The molecule has 20 heavy (non-hydrogen) atoms. The monoisotopic (exact) mass is 318 g/mol. The Morgan fingerprint density at radius 1 is 1.35 bits per heavy atom. The fourth-order valence-electron chi connectivity index (χ4n) is 2.51. The molecule has 0 spiro atoms. The van der Waals surface area contributed by atoms with Crippen molar-refractivity contribution in [3.05, 3.63) is 4.80 Å². The second kappa shape index (κ2) is 4.22. The summed E-state index contributed by atoms with van der Waals surface area (Å²) in [7, 11) is -2.35. The number of aromatic nitrogens is 2. The molecule has 1 aromatic rings. The average Bonchev–Trinajstić information content (AvgIpc) is 2.53. The van der Waals surface area contributed by atoms with E-state index in [1.54, 1.807) is 0 Å². The Labute approximate surface area is 121 Å². The van der Waals surface area contributed by atoms with E-state index in [0.717, 1.165) is 11.3 Å². The molecule has 0 radical (unpaired) electrons. The predicted molar refractivity (Wildman–Crippen MR) is 74.1 cm³/mol. The lowest BCUT2D eigenvalue weighted by Crippen LogP contribution is -2.16. The van der Waals surface area contributed by atoms with Crippen LogP contribution in [0, 0.1) is 16.7 Å². The number of carbonyl (C=O) groups is 1. The fourth-order valence-corrected chi connectivity index (χ4v) is 4.07. The topological polar surface area (TPSA) is 107 Å². The Bertz CT molecular complexity index is 726. The number of nitrogens with zero attached hydrogens (tertiary/aromatic N) is 3. The third kappa shape index (κ3) is 2.23. The molecular weight excluding hydrogens is 300 g/mol. The first-order chi connectivity index (χ1) is 8.89. The highest BCUT2D eigenvalue weighted by molar-refractivity contribution is 7.91. The van der Waals surface area contributed by atoms with Gasteiger partial charge in [0, 0.05) is 7.05 Å². The van der Waals surface area contributed by atoms with Gasteiger partial charge >= 0.3 is 0 Å². The van der Waals surface area contributed by atoms with Gasteiger partial charge in [-0.05, 0) is 10.8 Å². The number of aryl methyl sites for hydroxylation is 1. The minimum Gasteiger partial charge on any atom is -0.272 e. The molecule has 7 nitrogen and oxygen atoms in total. The molecule has 1 aliphatic rings. The van der Waals surface area contributed by atoms with Crippen molar-refractivity contribution < 1.29 is 13.2 Å². The summed E-state index contributed by atoms with van der Waals surface area (Å²) in [5, 5.41) is 8.77. The van der Waals surface area contributed by atoms with E-state index in [9.17, 15) is 13.2 Å². The number of amides is 1. The van der Waals surface area contributed by atoms with Crippen LogP contribution in [0.4, 0.5) is 0 Å². The molecule has 2 rings (SSSR count). The summed E-state index contributed by atoms with van der Waals surface area (Å²) in [4.78, 5) is 16.5. The molecule has 112 valence electrons. The molecule has 9 heteroatoms. The lowest BCUT2D eigenvalue weighted by atomic mass is 10.0. The zero-order valence-electron chi connectivity index (χ0n) is 12.0. The lowest BCUT2D eigenvalue weighted by molar-refractivity contribution is -0.120. The molecule has 1 heterocycles. The Kier molecular flexibility index (Phi) is 3.23. The fraction of sp³-hybridized carbons (Fsp3) is 0.727. The normalized spacial score (nSPS) is 22.0. The van der Waals surface area contributed by atoms with Crippen molar-refractivity contribution in [1.29, 1.82) is 0 Å². The third-order valence-electron chi connectivity index (χ3n) is 4.40. The van der Waals surface area contributed by atoms with Crippen molar-refractivity contribution in [2.24, 2.45) is 33.9 Å². The van der Waals surface area contributed by atoms with Gasteiger partial charge in [0.2, 0.25) is 9.14 Å². The molecule has 0 unspecified atom stereocenters. The first kappa shape index (κ1) is 15.3. The van der Waals surface area contributed by atoms with Gasteiger partial charge in [-0.1, -0.05) is 39.0 Å². The number of hydrogen-bond acceptors (Lipinski definition) is 5. The van der Waals surface area contributed by atoms with Gasteiger partial charge in [0.25, 0.3) is 15.9 Å². The molecule has 0 saturated heterocycles. The maximum absolute atomic E-state index is 12.2. The largest absolute Gasteiger partial charge is 0.272 e. The van der Waals surface area contributed by atoms with Crippen molar-refractivity contribution in [3.63, 3.8) is 0 Å². The molecule has 0 atom stereocenters. The number of hydrogen-bond donors (Lipinski definition) is 1. The summed E-state index contributed by atoms with van der Waals surface area (Å²) in [5.41, 5.74) is -0.223. The van der Waals surface area contributed by atoms with Crippen LogP contribution >= 0.6 is 11.3 Å². The van der Waals surface area contributed by atoms with Crippen molar-refractivity contribution >= 4 is 27.3 Å². The number of rotatable bonds is 2. The van der Waals surface area contributed by atoms with Gasteiger partial charge in [0.05, 0.1) is 5.92 Å². The van der Waals surface area contributed by atoms with E-state index in [1.165, 1.54) is 11.7 Å². The van der Waals surface area contributed by atoms with Crippen molar-refractivity contribution in [2.45, 2.75) is 32.0 Å². The smallest absolute Gasteiger partial charge is 0.267 e. The molecule has 1 amide bonds. The molecule has 1 saturated carbocycles. The molecule has 0 bridgehead atoms. The number of nitrogens with two attached hydrogens (primary N) is 1. The molecule has 1 aromatic heterocycles. The summed E-state index contributed by atoms with van der Waals surface area (Å²) >= 11 is 0.792. The first-order valence-corrected chi connectivity index (χ1v) is 8.41. The van der Waals surface area contributed by atoms with Gasteiger partial charge in [-0.15, -0.1) is 5.10 Å². The molecule has 2 N–H and O–H groups in total. The van der Waals surface area contributed by atoms with E-state index in [-0.39, 0.29) is 31.8 Å². The summed E-state index contributed by atoms with van der Waals surface area (Å²) in [6.07, 6.45) is 0. The molecule has 1 aliphatic carbocycles. The quantitative estimate of drug-likeness (QED) is 0.842. The zero-order valence-corrected chi connectivity index (χ0v) is 13.7. The van der Waals surface area contributed by atoms with Crippen LogP contribution in [0.2, 0.25) is 0 Å². The Morgan fingerprint density at radius 2 is 1.85 bits per heavy atom. The van der Waals surface area contributed by atoms with Crippen LogP contribution in [-0.2, 0) is 21.9 Å². The summed E-state index contributed by atoms with van der Waals surface area (Å²) in [6, 6.07) is 0. The Hall–Kier alpha value is -1.06. The van der Waals surface area contributed by atoms with E-state index in [0.29, 0.717) is 0 Å². The number of sulfonamides is 1. The van der Waals surface area contributed by atoms with E-state index >= 15 is 0 Å². The van der Waals surface area contributed by atoms with E-state index < -0.39 is 10.0 Å². The molecule has 0 aliphatic heterocycles. The highest BCUT2D eigenvalue weighted by atomic mass is 32.2. The average molecular weight is 318 g/mol. The van der Waals surface area contributed by atoms with Crippen LogP contribution < -0.4 is 9.94 Å². The van der Waals surface area contributed by atoms with Gasteiger partial charge in [0.1, 0.15) is 0 Å². The summed E-state index contributed by atoms with van der Waals surface area (Å²) in [5.74, 6) is -0.421. The van der Waals surface area contributed by atoms with E-state index in [1.807, 2.05) is 27.7 Å². The van der Waals surface area contributed by atoms with Crippen molar-refractivity contribution in [2.75, 3.05) is 0 Å². The van der Waals surface area contributed by atoms with Crippen LogP contribution in [0.15, 0.2) is 9.33 Å². The van der Waals surface area contributed by atoms with Crippen LogP contribution in [0.1, 0.15) is 27.7 Å². The predicted octanol–water partition coefficient (Wildman–Crippen LogP) is 0.238. The van der Waals surface area contributed by atoms with Crippen LogP contribution in [0.5, 0.6) is 0 Å². The molecule has 1 fully saturated rings. The Morgan fingerprint density at radius 3 is 2.20 bits per heavy atom. The van der Waals surface area contributed by atoms with Crippen molar-refractivity contribution in [1.82, 2.24) is 9.78 Å². The Balaban J connectivity index is 2.39. The van der Waals surface area contributed by atoms with Gasteiger partial charge in [-0.3, -0.25) is 4.79 Å².